The van der Waals surface area contributed by atoms with E-state index in [1.807, 2.05) is 0 Å². The Hall–Kier alpha value is 0.1000. The Kier molecular flexibility index (Phi) is 6.13. The zero-order chi connectivity index (χ0) is 12.9. The molecule has 2 atom stereocenters. The Morgan fingerprint density at radius 3 is 2.65 bits per heavy atom. The SMILES string of the molecule is CCNC(Cc1cc(Br)cs1)C(C)(CC)OC. The first kappa shape index (κ1) is 15.2. The summed E-state index contributed by atoms with van der Waals surface area (Å²) in [5.41, 5.74) is -0.105. The zero-order valence-electron chi connectivity index (χ0n) is 11.0. The molecule has 0 aliphatic rings. The minimum Gasteiger partial charge on any atom is -0.377 e. The van der Waals surface area contributed by atoms with Gasteiger partial charge in [-0.05, 0) is 48.3 Å². The van der Waals surface area contributed by atoms with Gasteiger partial charge >= 0.3 is 0 Å². The van der Waals surface area contributed by atoms with Gasteiger partial charge in [0.2, 0.25) is 0 Å². The van der Waals surface area contributed by atoms with E-state index in [0.29, 0.717) is 6.04 Å². The van der Waals surface area contributed by atoms with Gasteiger partial charge in [0, 0.05) is 27.9 Å². The van der Waals surface area contributed by atoms with Crippen LogP contribution >= 0.6 is 27.3 Å². The van der Waals surface area contributed by atoms with E-state index in [0.717, 1.165) is 19.4 Å². The van der Waals surface area contributed by atoms with Crippen molar-refractivity contribution in [2.75, 3.05) is 13.7 Å². The molecular weight excluding hydrogens is 298 g/mol. The summed E-state index contributed by atoms with van der Waals surface area (Å²) in [7, 11) is 1.80. The number of thiophene rings is 1. The predicted molar refractivity (Wildman–Crippen MR) is 78.9 cm³/mol. The van der Waals surface area contributed by atoms with Gasteiger partial charge in [0.1, 0.15) is 0 Å². The molecule has 0 radical (unpaired) electrons. The lowest BCUT2D eigenvalue weighted by Crippen LogP contribution is -2.51. The minimum absolute atomic E-state index is 0.105. The molecule has 1 N–H and O–H groups in total. The highest BCUT2D eigenvalue weighted by atomic mass is 79.9. The van der Waals surface area contributed by atoms with E-state index >= 15 is 0 Å². The summed E-state index contributed by atoms with van der Waals surface area (Å²) in [6.07, 6.45) is 2.02. The van der Waals surface area contributed by atoms with E-state index in [9.17, 15) is 0 Å². The molecule has 0 bridgehead atoms. The summed E-state index contributed by atoms with van der Waals surface area (Å²) in [6, 6.07) is 2.55. The fourth-order valence-corrected chi connectivity index (χ4v) is 3.44. The summed E-state index contributed by atoms with van der Waals surface area (Å²) in [5.74, 6) is 0. The molecule has 0 aliphatic heterocycles. The monoisotopic (exact) mass is 319 g/mol. The first-order chi connectivity index (χ1) is 8.05. The number of ether oxygens (including phenoxy) is 1. The van der Waals surface area contributed by atoms with Crippen molar-refractivity contribution in [3.8, 4) is 0 Å². The normalized spacial score (nSPS) is 16.8. The lowest BCUT2D eigenvalue weighted by molar-refractivity contribution is -0.0281. The number of nitrogens with one attached hydrogen (secondary N) is 1. The van der Waals surface area contributed by atoms with Crippen LogP contribution < -0.4 is 5.32 Å². The second-order valence-corrected chi connectivity index (χ2v) is 6.33. The van der Waals surface area contributed by atoms with E-state index in [4.69, 9.17) is 4.74 Å². The van der Waals surface area contributed by atoms with Gasteiger partial charge in [-0.15, -0.1) is 11.3 Å². The molecule has 2 unspecified atom stereocenters. The summed E-state index contributed by atoms with van der Waals surface area (Å²) >= 11 is 5.30. The van der Waals surface area contributed by atoms with Crippen molar-refractivity contribution in [2.45, 2.75) is 45.3 Å². The quantitative estimate of drug-likeness (QED) is 0.824. The molecule has 17 heavy (non-hydrogen) atoms. The Morgan fingerprint density at radius 1 is 1.53 bits per heavy atom. The standard InChI is InChI=1S/C13H22BrNOS/c1-5-13(3,16-4)12(15-6-2)8-11-7-10(14)9-17-11/h7,9,12,15H,5-6,8H2,1-4H3. The van der Waals surface area contributed by atoms with Crippen LogP contribution in [0.15, 0.2) is 15.9 Å². The van der Waals surface area contributed by atoms with Gasteiger partial charge < -0.3 is 10.1 Å². The van der Waals surface area contributed by atoms with Gasteiger partial charge in [0.25, 0.3) is 0 Å². The van der Waals surface area contributed by atoms with Crippen LogP contribution in [0.1, 0.15) is 32.1 Å². The zero-order valence-corrected chi connectivity index (χ0v) is 13.5. The van der Waals surface area contributed by atoms with E-state index in [1.165, 1.54) is 9.35 Å². The molecular formula is C13H22BrNOS. The maximum Gasteiger partial charge on any atom is 0.0803 e. The maximum absolute atomic E-state index is 5.71. The van der Waals surface area contributed by atoms with Crippen LogP contribution in [0.3, 0.4) is 0 Å². The third-order valence-electron chi connectivity index (χ3n) is 3.38. The average molecular weight is 320 g/mol. The molecule has 0 aliphatic carbocycles. The Labute approximate surface area is 117 Å². The van der Waals surface area contributed by atoms with Crippen molar-refractivity contribution in [1.29, 1.82) is 0 Å². The van der Waals surface area contributed by atoms with Crippen molar-refractivity contribution in [3.63, 3.8) is 0 Å². The summed E-state index contributed by atoms with van der Waals surface area (Å²) in [6.45, 7) is 7.47. The number of hydrogen-bond acceptors (Lipinski definition) is 3. The number of likely N-dealkylation sites (N-methyl/N-ethyl adjacent to an activating group) is 1. The first-order valence-electron chi connectivity index (χ1n) is 6.07. The smallest absolute Gasteiger partial charge is 0.0803 e. The minimum atomic E-state index is -0.105. The number of rotatable bonds is 7. The molecule has 2 nitrogen and oxygen atoms in total. The Bertz CT molecular complexity index is 336. The second kappa shape index (κ2) is 6.88. The molecule has 0 spiro atoms. The summed E-state index contributed by atoms with van der Waals surface area (Å²) < 4.78 is 6.88. The lowest BCUT2D eigenvalue weighted by Gasteiger charge is -2.36. The molecule has 0 amide bonds. The fourth-order valence-electron chi connectivity index (χ4n) is 1.95. The lowest BCUT2D eigenvalue weighted by atomic mass is 9.90. The highest BCUT2D eigenvalue weighted by Gasteiger charge is 2.32. The van der Waals surface area contributed by atoms with Crippen LogP contribution in [0, 0.1) is 0 Å². The summed E-state index contributed by atoms with van der Waals surface area (Å²) in [4.78, 5) is 1.39. The highest BCUT2D eigenvalue weighted by molar-refractivity contribution is 9.10. The molecule has 1 aromatic rings. The third-order valence-corrected chi connectivity index (χ3v) is 5.10. The molecule has 1 rings (SSSR count). The molecule has 0 fully saturated rings. The average Bonchev–Trinajstić information content (AvgIpc) is 2.73. The van der Waals surface area contributed by atoms with Gasteiger partial charge in [0.15, 0.2) is 0 Å². The largest absolute Gasteiger partial charge is 0.377 e. The Balaban J connectivity index is 2.78. The van der Waals surface area contributed by atoms with Crippen molar-refractivity contribution in [1.82, 2.24) is 5.32 Å². The van der Waals surface area contributed by atoms with Crippen LogP contribution in [0.4, 0.5) is 0 Å². The van der Waals surface area contributed by atoms with Crippen LogP contribution in [-0.2, 0) is 11.2 Å². The van der Waals surface area contributed by atoms with E-state index < -0.39 is 0 Å². The van der Waals surface area contributed by atoms with Gasteiger partial charge in [0.05, 0.1) is 5.60 Å². The maximum atomic E-state index is 5.71. The topological polar surface area (TPSA) is 21.3 Å². The predicted octanol–water partition coefficient (Wildman–Crippen LogP) is 3.85. The second-order valence-electron chi connectivity index (χ2n) is 4.42. The van der Waals surface area contributed by atoms with E-state index in [-0.39, 0.29) is 5.60 Å². The molecule has 1 aromatic heterocycles. The number of methoxy groups -OCH3 is 1. The van der Waals surface area contributed by atoms with Gasteiger partial charge in [-0.25, -0.2) is 0 Å². The molecule has 0 saturated carbocycles. The number of halogens is 1. The molecule has 0 saturated heterocycles. The number of hydrogen-bond donors (Lipinski definition) is 1. The molecule has 4 heteroatoms. The highest BCUT2D eigenvalue weighted by Crippen LogP contribution is 2.26. The van der Waals surface area contributed by atoms with Crippen molar-refractivity contribution < 1.29 is 4.74 Å². The molecule has 0 aromatic carbocycles. The van der Waals surface area contributed by atoms with Gasteiger partial charge in [-0.3, -0.25) is 0 Å². The van der Waals surface area contributed by atoms with Crippen molar-refractivity contribution in [2.24, 2.45) is 0 Å². The third kappa shape index (κ3) is 4.05. The Morgan fingerprint density at radius 2 is 2.24 bits per heavy atom. The van der Waals surface area contributed by atoms with E-state index in [2.05, 4.69) is 53.5 Å². The van der Waals surface area contributed by atoms with Gasteiger partial charge in [-0.2, -0.15) is 0 Å². The van der Waals surface area contributed by atoms with E-state index in [1.54, 1.807) is 18.4 Å². The first-order valence-corrected chi connectivity index (χ1v) is 7.74. The van der Waals surface area contributed by atoms with Gasteiger partial charge in [-0.1, -0.05) is 13.8 Å². The molecule has 98 valence electrons. The van der Waals surface area contributed by atoms with Crippen molar-refractivity contribution in [3.05, 3.63) is 20.8 Å². The van der Waals surface area contributed by atoms with Crippen LogP contribution in [0.5, 0.6) is 0 Å². The van der Waals surface area contributed by atoms with Crippen LogP contribution in [0.25, 0.3) is 0 Å². The fraction of sp³-hybridized carbons (Fsp3) is 0.692. The summed E-state index contributed by atoms with van der Waals surface area (Å²) in [5, 5.41) is 5.68. The molecule has 1 heterocycles. The van der Waals surface area contributed by atoms with Crippen LogP contribution in [-0.4, -0.2) is 25.3 Å². The van der Waals surface area contributed by atoms with Crippen molar-refractivity contribution >= 4 is 27.3 Å². The van der Waals surface area contributed by atoms with Crippen LogP contribution in [0.2, 0.25) is 0 Å².